The van der Waals surface area contributed by atoms with Gasteiger partial charge in [0.15, 0.2) is 5.13 Å². The molecule has 6 nitrogen and oxygen atoms in total. The highest BCUT2D eigenvalue weighted by Crippen LogP contribution is 2.30. The molecular formula is C23H18N4O2S2. The van der Waals surface area contributed by atoms with Crippen LogP contribution in [0.1, 0.15) is 12.0 Å². The van der Waals surface area contributed by atoms with Crippen molar-refractivity contribution in [2.24, 2.45) is 0 Å². The number of aromatic nitrogens is 3. The predicted molar refractivity (Wildman–Crippen MR) is 127 cm³/mol. The number of fused-ring (bicyclic) bond motifs is 2. The van der Waals surface area contributed by atoms with E-state index < -0.39 is 0 Å². The van der Waals surface area contributed by atoms with Gasteiger partial charge in [-0.3, -0.25) is 14.2 Å². The lowest BCUT2D eigenvalue weighted by Gasteiger charge is -2.06. The predicted octanol–water partition coefficient (Wildman–Crippen LogP) is 5.07. The molecule has 0 aliphatic rings. The van der Waals surface area contributed by atoms with Crippen molar-refractivity contribution < 1.29 is 4.79 Å². The number of anilines is 1. The number of rotatable bonds is 5. The van der Waals surface area contributed by atoms with E-state index in [2.05, 4.69) is 15.3 Å². The molecule has 1 N–H and O–H groups in total. The third kappa shape index (κ3) is 3.87. The van der Waals surface area contributed by atoms with Crippen LogP contribution in [0.4, 0.5) is 5.13 Å². The second-order valence-corrected chi connectivity index (χ2v) is 9.11. The van der Waals surface area contributed by atoms with Gasteiger partial charge in [0.2, 0.25) is 5.91 Å². The molecule has 0 atom stereocenters. The van der Waals surface area contributed by atoms with Crippen molar-refractivity contribution in [1.82, 2.24) is 14.5 Å². The summed E-state index contributed by atoms with van der Waals surface area (Å²) in [5.41, 5.74) is 3.76. The lowest BCUT2D eigenvalue weighted by atomic mass is 10.1. The van der Waals surface area contributed by atoms with Crippen molar-refractivity contribution in [2.75, 3.05) is 5.32 Å². The SMILES string of the molecule is Cc1ccc(-c2csc3ncn(CCC(=O)Nc4nc5ccccc5s4)c(=O)c23)cc1. The zero-order valence-electron chi connectivity index (χ0n) is 16.7. The Kier molecular flexibility index (Phi) is 5.09. The van der Waals surface area contributed by atoms with Crippen molar-refractivity contribution in [3.8, 4) is 11.1 Å². The first-order chi connectivity index (χ1) is 15.1. The summed E-state index contributed by atoms with van der Waals surface area (Å²) in [4.78, 5) is 35.1. The number of benzene rings is 2. The molecule has 0 bridgehead atoms. The molecule has 8 heteroatoms. The van der Waals surface area contributed by atoms with Gasteiger partial charge in [-0.15, -0.1) is 11.3 Å². The first-order valence-corrected chi connectivity index (χ1v) is 11.5. The average Bonchev–Trinajstić information content (AvgIpc) is 3.38. The molecule has 3 heterocycles. The average molecular weight is 447 g/mol. The number of amides is 1. The molecule has 3 aromatic heterocycles. The number of nitrogens with one attached hydrogen (secondary N) is 1. The van der Waals surface area contributed by atoms with Gasteiger partial charge in [0.25, 0.3) is 5.56 Å². The lowest BCUT2D eigenvalue weighted by molar-refractivity contribution is -0.116. The van der Waals surface area contributed by atoms with Crippen LogP contribution in [0.5, 0.6) is 0 Å². The minimum absolute atomic E-state index is 0.130. The summed E-state index contributed by atoms with van der Waals surface area (Å²) in [6, 6.07) is 15.8. The highest BCUT2D eigenvalue weighted by molar-refractivity contribution is 7.22. The van der Waals surface area contributed by atoms with Crippen LogP contribution < -0.4 is 10.9 Å². The molecule has 0 unspecified atom stereocenters. The molecule has 1 amide bonds. The first kappa shape index (κ1) is 19.6. The number of thiophene rings is 1. The summed E-state index contributed by atoms with van der Waals surface area (Å²) in [7, 11) is 0. The van der Waals surface area contributed by atoms with E-state index in [-0.39, 0.29) is 24.4 Å². The largest absolute Gasteiger partial charge is 0.302 e. The molecule has 5 rings (SSSR count). The molecule has 2 aromatic carbocycles. The van der Waals surface area contributed by atoms with E-state index in [9.17, 15) is 9.59 Å². The fraction of sp³-hybridized carbons (Fsp3) is 0.130. The Morgan fingerprint density at radius 2 is 1.94 bits per heavy atom. The fourth-order valence-corrected chi connectivity index (χ4v) is 5.19. The highest BCUT2D eigenvalue weighted by atomic mass is 32.1. The third-order valence-electron chi connectivity index (χ3n) is 5.04. The summed E-state index contributed by atoms with van der Waals surface area (Å²) in [6.07, 6.45) is 1.68. The van der Waals surface area contributed by atoms with E-state index in [0.29, 0.717) is 15.3 Å². The second kappa shape index (κ2) is 8.05. The Hall–Kier alpha value is -3.36. The second-order valence-electron chi connectivity index (χ2n) is 7.22. The minimum atomic E-state index is -0.185. The molecule has 5 aromatic rings. The summed E-state index contributed by atoms with van der Waals surface area (Å²) < 4.78 is 2.52. The van der Waals surface area contributed by atoms with Gasteiger partial charge in [-0.2, -0.15) is 0 Å². The van der Waals surface area contributed by atoms with Crippen LogP contribution in [0.15, 0.2) is 65.0 Å². The maximum atomic E-state index is 13.1. The van der Waals surface area contributed by atoms with Crippen molar-refractivity contribution in [3.05, 3.63) is 76.2 Å². The molecule has 154 valence electrons. The van der Waals surface area contributed by atoms with Crippen molar-refractivity contribution >= 4 is 54.1 Å². The Bertz CT molecular complexity index is 1430. The number of carbonyl (C=O) groups is 1. The number of aryl methyl sites for hydroxylation is 2. The van der Waals surface area contributed by atoms with Gasteiger partial charge >= 0.3 is 0 Å². The Balaban J connectivity index is 1.36. The summed E-state index contributed by atoms with van der Waals surface area (Å²) in [5.74, 6) is -0.185. The fourth-order valence-electron chi connectivity index (χ4n) is 3.40. The van der Waals surface area contributed by atoms with Crippen LogP contribution in [0.25, 0.3) is 31.6 Å². The molecule has 0 radical (unpaired) electrons. The quantitative estimate of drug-likeness (QED) is 0.409. The van der Waals surface area contributed by atoms with Gasteiger partial charge in [0.1, 0.15) is 4.83 Å². The monoisotopic (exact) mass is 446 g/mol. The maximum absolute atomic E-state index is 13.1. The number of hydrogen-bond acceptors (Lipinski definition) is 6. The van der Waals surface area contributed by atoms with Crippen molar-refractivity contribution in [1.29, 1.82) is 0 Å². The number of nitrogens with zero attached hydrogens (tertiary/aromatic N) is 3. The summed E-state index contributed by atoms with van der Waals surface area (Å²) in [5, 5.41) is 5.96. The van der Waals surface area contributed by atoms with Crippen LogP contribution >= 0.6 is 22.7 Å². The van der Waals surface area contributed by atoms with Crippen molar-refractivity contribution in [3.63, 3.8) is 0 Å². The van der Waals surface area contributed by atoms with Crippen LogP contribution in [-0.4, -0.2) is 20.4 Å². The van der Waals surface area contributed by atoms with Crippen molar-refractivity contribution in [2.45, 2.75) is 19.9 Å². The smallest absolute Gasteiger partial charge is 0.262 e. The number of para-hydroxylation sites is 1. The Morgan fingerprint density at radius 1 is 1.13 bits per heavy atom. The first-order valence-electron chi connectivity index (χ1n) is 9.77. The van der Waals surface area contributed by atoms with E-state index in [4.69, 9.17) is 0 Å². The van der Waals surface area contributed by atoms with Crippen LogP contribution in [0, 0.1) is 6.92 Å². The molecule has 0 saturated heterocycles. The lowest BCUT2D eigenvalue weighted by Crippen LogP contribution is -2.23. The zero-order chi connectivity index (χ0) is 21.4. The molecule has 0 fully saturated rings. The van der Waals surface area contributed by atoms with E-state index in [1.807, 2.05) is 60.8 Å². The number of hydrogen-bond donors (Lipinski definition) is 1. The molecule has 0 aliphatic heterocycles. The molecule has 31 heavy (non-hydrogen) atoms. The molecule has 0 saturated carbocycles. The van der Waals surface area contributed by atoms with Gasteiger partial charge in [0.05, 0.1) is 21.9 Å². The zero-order valence-corrected chi connectivity index (χ0v) is 18.3. The number of thiazole rings is 1. The minimum Gasteiger partial charge on any atom is -0.302 e. The van der Waals surface area contributed by atoms with Gasteiger partial charge < -0.3 is 5.32 Å². The molecule has 0 aliphatic carbocycles. The van der Waals surface area contributed by atoms with E-state index in [1.54, 1.807) is 0 Å². The molecular weight excluding hydrogens is 428 g/mol. The maximum Gasteiger partial charge on any atom is 0.262 e. The van der Waals surface area contributed by atoms with Gasteiger partial charge in [0, 0.05) is 23.9 Å². The summed E-state index contributed by atoms with van der Waals surface area (Å²) >= 11 is 2.88. The standard InChI is InChI=1S/C23H18N4O2S2/c1-14-6-8-15(9-7-14)16-12-30-21-20(16)22(29)27(13-24-21)11-10-19(28)26-23-25-17-4-2-3-5-18(17)31-23/h2-9,12-13H,10-11H2,1H3,(H,25,26,28). The van der Waals surface area contributed by atoms with Crippen LogP contribution in [-0.2, 0) is 11.3 Å². The normalized spacial score (nSPS) is 11.3. The highest BCUT2D eigenvalue weighted by Gasteiger charge is 2.14. The third-order valence-corrected chi connectivity index (χ3v) is 6.88. The number of carbonyl (C=O) groups excluding carboxylic acids is 1. The topological polar surface area (TPSA) is 76.9 Å². The Morgan fingerprint density at radius 3 is 2.74 bits per heavy atom. The van der Waals surface area contributed by atoms with E-state index in [1.165, 1.54) is 33.6 Å². The molecule has 0 spiro atoms. The van der Waals surface area contributed by atoms with Gasteiger partial charge in [-0.1, -0.05) is 53.3 Å². The van der Waals surface area contributed by atoms with Gasteiger partial charge in [-0.05, 0) is 24.6 Å². The Labute approximate surface area is 185 Å². The van der Waals surface area contributed by atoms with E-state index >= 15 is 0 Å². The van der Waals surface area contributed by atoms with Crippen LogP contribution in [0.3, 0.4) is 0 Å². The summed E-state index contributed by atoms with van der Waals surface area (Å²) in [6.45, 7) is 2.28. The van der Waals surface area contributed by atoms with Crippen LogP contribution in [0.2, 0.25) is 0 Å². The van der Waals surface area contributed by atoms with Gasteiger partial charge in [-0.25, -0.2) is 9.97 Å². The van der Waals surface area contributed by atoms with E-state index in [0.717, 1.165) is 26.9 Å².